The summed E-state index contributed by atoms with van der Waals surface area (Å²) in [5.74, 6) is -2.79. The maximum Gasteiger partial charge on any atom is 0.490 e. The van der Waals surface area contributed by atoms with E-state index in [4.69, 9.17) is 29.5 Å². The van der Waals surface area contributed by atoms with Gasteiger partial charge in [-0.2, -0.15) is 13.2 Å². The zero-order valence-corrected chi connectivity index (χ0v) is 22.4. The Morgan fingerprint density at radius 3 is 2.12 bits per heavy atom. The van der Waals surface area contributed by atoms with Gasteiger partial charge in [0.25, 0.3) is 0 Å². The Labute approximate surface area is 230 Å². The first-order valence-electron chi connectivity index (χ1n) is 12.9. The smallest absolute Gasteiger partial charge is 0.478 e. The van der Waals surface area contributed by atoms with Crippen LogP contribution in [-0.2, 0) is 19.1 Å². The largest absolute Gasteiger partial charge is 0.490 e. The number of amides is 1. The third-order valence-electron chi connectivity index (χ3n) is 5.94. The van der Waals surface area contributed by atoms with Crippen LogP contribution in [-0.4, -0.2) is 134 Å². The van der Waals surface area contributed by atoms with Crippen LogP contribution in [0.25, 0.3) is 0 Å². The van der Waals surface area contributed by atoms with Crippen molar-refractivity contribution in [3.05, 3.63) is 29.8 Å². The van der Waals surface area contributed by atoms with Crippen LogP contribution in [0.5, 0.6) is 0 Å². The van der Waals surface area contributed by atoms with Crippen molar-refractivity contribution >= 4 is 29.5 Å². The van der Waals surface area contributed by atoms with Crippen LogP contribution in [0.2, 0.25) is 0 Å². The first kappa shape index (κ1) is 32.8. The molecule has 1 amide bonds. The standard InChI is InChI=1S/C23H35N5O5.C2HF3O2/c1-2-32-15-3-8-24-23(25-20-6-4-19(5-7-20)22(30)31)28-11-9-26(10-12-28)18-21(29)27-13-16-33-17-14-27;3-2(4,5)1(6)7/h4-7H,2-3,8-18H2,1H3,(H,24,25)(H,30,31);(H,6,7). The van der Waals surface area contributed by atoms with E-state index in [1.165, 1.54) is 0 Å². The molecule has 40 heavy (non-hydrogen) atoms. The van der Waals surface area contributed by atoms with Gasteiger partial charge in [0, 0.05) is 64.7 Å². The number of carbonyl (C=O) groups excluding carboxylic acids is 1. The van der Waals surface area contributed by atoms with Crippen molar-refractivity contribution in [1.29, 1.82) is 0 Å². The second kappa shape index (κ2) is 16.6. The van der Waals surface area contributed by atoms with E-state index < -0.39 is 18.1 Å². The van der Waals surface area contributed by atoms with E-state index >= 15 is 0 Å². The monoisotopic (exact) mass is 575 g/mol. The molecule has 12 nitrogen and oxygen atoms in total. The number of anilines is 1. The number of ether oxygens (including phenoxy) is 2. The Kier molecular flexibility index (Phi) is 13.6. The number of nitrogens with one attached hydrogen (secondary N) is 1. The SMILES string of the molecule is CCOCCCN=C(Nc1ccc(C(=O)O)cc1)N1CCN(CC(=O)N2CCOCC2)CC1.O=C(O)C(F)(F)F. The van der Waals surface area contributed by atoms with Gasteiger partial charge in [-0.3, -0.25) is 14.7 Å². The second-order valence-corrected chi connectivity index (χ2v) is 8.82. The van der Waals surface area contributed by atoms with Crippen LogP contribution in [0.3, 0.4) is 0 Å². The number of alkyl halides is 3. The van der Waals surface area contributed by atoms with Gasteiger partial charge in [-0.25, -0.2) is 9.59 Å². The number of rotatable bonds is 9. The first-order valence-corrected chi connectivity index (χ1v) is 12.9. The van der Waals surface area contributed by atoms with Gasteiger partial charge in [-0.05, 0) is 37.6 Å². The molecular formula is C25H36F3N5O7. The summed E-state index contributed by atoms with van der Waals surface area (Å²) >= 11 is 0. The van der Waals surface area contributed by atoms with E-state index in [9.17, 15) is 22.8 Å². The molecular weight excluding hydrogens is 539 g/mol. The van der Waals surface area contributed by atoms with Gasteiger partial charge in [0.15, 0.2) is 5.96 Å². The Morgan fingerprint density at radius 1 is 1.00 bits per heavy atom. The molecule has 2 fully saturated rings. The number of carboxylic acid groups (broad SMARTS) is 2. The van der Waals surface area contributed by atoms with Gasteiger partial charge in [-0.1, -0.05) is 0 Å². The van der Waals surface area contributed by atoms with Gasteiger partial charge < -0.3 is 34.8 Å². The first-order chi connectivity index (χ1) is 19.0. The molecule has 0 spiro atoms. The molecule has 3 rings (SSSR count). The molecule has 2 heterocycles. The number of halogens is 3. The summed E-state index contributed by atoms with van der Waals surface area (Å²) in [5, 5.41) is 19.6. The molecule has 1 aromatic rings. The Hall–Kier alpha value is -3.43. The molecule has 0 bridgehead atoms. The molecule has 3 N–H and O–H groups in total. The number of morpholine rings is 1. The van der Waals surface area contributed by atoms with Crippen molar-refractivity contribution in [1.82, 2.24) is 14.7 Å². The third-order valence-corrected chi connectivity index (χ3v) is 5.94. The maximum atomic E-state index is 12.6. The molecule has 0 saturated carbocycles. The van der Waals surface area contributed by atoms with Gasteiger partial charge >= 0.3 is 18.1 Å². The lowest BCUT2D eigenvalue weighted by Gasteiger charge is -2.37. The number of hydrogen-bond donors (Lipinski definition) is 3. The average molecular weight is 576 g/mol. The highest BCUT2D eigenvalue weighted by molar-refractivity contribution is 5.94. The van der Waals surface area contributed by atoms with Gasteiger partial charge in [0.05, 0.1) is 25.3 Å². The topological polar surface area (TPSA) is 144 Å². The van der Waals surface area contributed by atoms with Crippen molar-refractivity contribution in [3.63, 3.8) is 0 Å². The quantitative estimate of drug-likeness (QED) is 0.226. The van der Waals surface area contributed by atoms with Gasteiger partial charge in [0.2, 0.25) is 5.91 Å². The predicted octanol–water partition coefficient (Wildman–Crippen LogP) is 1.69. The number of benzene rings is 1. The number of piperazine rings is 1. The minimum absolute atomic E-state index is 0.160. The molecule has 2 saturated heterocycles. The number of aliphatic carboxylic acids is 1. The molecule has 0 atom stereocenters. The fourth-order valence-corrected chi connectivity index (χ4v) is 3.76. The van der Waals surface area contributed by atoms with Crippen LogP contribution in [0.4, 0.5) is 18.9 Å². The lowest BCUT2D eigenvalue weighted by atomic mass is 10.2. The Morgan fingerprint density at radius 2 is 1.60 bits per heavy atom. The number of carboxylic acids is 2. The molecule has 0 aliphatic carbocycles. The van der Waals surface area contributed by atoms with Crippen LogP contribution >= 0.6 is 0 Å². The number of aromatic carboxylic acids is 1. The number of guanidine groups is 1. The molecule has 1 aromatic carbocycles. The van der Waals surface area contributed by atoms with Crippen LogP contribution in [0.15, 0.2) is 29.3 Å². The molecule has 15 heteroatoms. The van der Waals surface area contributed by atoms with Crippen molar-refractivity contribution < 1.29 is 47.2 Å². The Balaban J connectivity index is 0.000000708. The lowest BCUT2D eigenvalue weighted by Crippen LogP contribution is -2.53. The second-order valence-electron chi connectivity index (χ2n) is 8.82. The fourth-order valence-electron chi connectivity index (χ4n) is 3.76. The van der Waals surface area contributed by atoms with Gasteiger partial charge in [-0.15, -0.1) is 0 Å². The Bertz CT molecular complexity index is 978. The summed E-state index contributed by atoms with van der Waals surface area (Å²) in [6.45, 7) is 9.99. The van der Waals surface area contributed by atoms with Gasteiger partial charge in [0.1, 0.15) is 0 Å². The molecule has 0 aromatic heterocycles. The number of nitrogens with zero attached hydrogens (tertiary/aromatic N) is 4. The molecule has 224 valence electrons. The van der Waals surface area contributed by atoms with E-state index in [1.807, 2.05) is 11.8 Å². The van der Waals surface area contributed by atoms with Crippen molar-refractivity contribution in [2.24, 2.45) is 4.99 Å². The molecule has 2 aliphatic heterocycles. The zero-order chi connectivity index (χ0) is 29.5. The van der Waals surface area contributed by atoms with Crippen molar-refractivity contribution in [2.75, 3.05) is 84.1 Å². The van der Waals surface area contributed by atoms with E-state index in [1.54, 1.807) is 24.3 Å². The highest BCUT2D eigenvalue weighted by Crippen LogP contribution is 2.14. The van der Waals surface area contributed by atoms with Crippen LogP contribution in [0, 0.1) is 0 Å². The minimum Gasteiger partial charge on any atom is -0.478 e. The van der Waals surface area contributed by atoms with Crippen LogP contribution in [0.1, 0.15) is 23.7 Å². The van der Waals surface area contributed by atoms with E-state index in [-0.39, 0.29) is 11.5 Å². The normalized spacial score (nSPS) is 16.6. The summed E-state index contributed by atoms with van der Waals surface area (Å²) in [6.07, 6.45) is -4.26. The number of aliphatic imine (C=N–C) groups is 1. The third kappa shape index (κ3) is 11.8. The zero-order valence-electron chi connectivity index (χ0n) is 22.4. The predicted molar refractivity (Wildman–Crippen MR) is 140 cm³/mol. The van der Waals surface area contributed by atoms with Crippen molar-refractivity contribution in [2.45, 2.75) is 19.5 Å². The maximum absolute atomic E-state index is 12.6. The summed E-state index contributed by atoms with van der Waals surface area (Å²) in [6, 6.07) is 6.64. The van der Waals surface area contributed by atoms with E-state index in [2.05, 4.69) is 15.1 Å². The summed E-state index contributed by atoms with van der Waals surface area (Å²) in [4.78, 5) is 43.6. The molecule has 2 aliphatic rings. The summed E-state index contributed by atoms with van der Waals surface area (Å²) in [7, 11) is 0. The molecule has 0 radical (unpaired) electrons. The lowest BCUT2D eigenvalue weighted by molar-refractivity contribution is -0.192. The van der Waals surface area contributed by atoms with Crippen molar-refractivity contribution in [3.8, 4) is 0 Å². The average Bonchev–Trinajstić information content (AvgIpc) is 2.93. The number of carbonyl (C=O) groups is 3. The number of hydrogen-bond acceptors (Lipinski definition) is 7. The highest BCUT2D eigenvalue weighted by atomic mass is 19.4. The molecule has 0 unspecified atom stereocenters. The van der Waals surface area contributed by atoms with E-state index in [0.29, 0.717) is 52.6 Å². The highest BCUT2D eigenvalue weighted by Gasteiger charge is 2.38. The fraction of sp³-hybridized carbons (Fsp3) is 0.600. The minimum atomic E-state index is -5.08. The van der Waals surface area contributed by atoms with Crippen LogP contribution < -0.4 is 5.32 Å². The summed E-state index contributed by atoms with van der Waals surface area (Å²) in [5.41, 5.74) is 1.03. The van der Waals surface area contributed by atoms with E-state index in [0.717, 1.165) is 44.2 Å². The summed E-state index contributed by atoms with van der Waals surface area (Å²) < 4.78 is 42.5.